The fourth-order valence-electron chi connectivity index (χ4n) is 1.37. The number of hydrogen-bond donors (Lipinski definition) is 0. The Morgan fingerprint density at radius 2 is 2.05 bits per heavy atom. The van der Waals surface area contributed by atoms with Crippen LogP contribution in [0.2, 0.25) is 0 Å². The summed E-state index contributed by atoms with van der Waals surface area (Å²) in [6.07, 6.45) is 2.33. The van der Waals surface area contributed by atoms with E-state index in [4.69, 9.17) is 14.2 Å². The molecule has 0 spiro atoms. The van der Waals surface area contributed by atoms with Crippen LogP contribution in [-0.2, 0) is 9.53 Å². The van der Waals surface area contributed by atoms with Crippen LogP contribution in [0.4, 0.5) is 0 Å². The van der Waals surface area contributed by atoms with Gasteiger partial charge in [0, 0.05) is 6.07 Å². The summed E-state index contributed by atoms with van der Waals surface area (Å²) in [4.78, 5) is 22.5. The highest BCUT2D eigenvalue weighted by Gasteiger charge is 2.09. The Morgan fingerprint density at radius 1 is 1.32 bits per heavy atom. The van der Waals surface area contributed by atoms with E-state index >= 15 is 0 Å². The molecular formula is C14H16O5. The maximum atomic E-state index is 11.4. The first kappa shape index (κ1) is 14.8. The second kappa shape index (κ2) is 7.20. The van der Waals surface area contributed by atoms with Crippen molar-refractivity contribution < 1.29 is 23.8 Å². The molecular weight excluding hydrogens is 248 g/mol. The summed E-state index contributed by atoms with van der Waals surface area (Å²) >= 11 is 0. The quantitative estimate of drug-likeness (QED) is 0.341. The van der Waals surface area contributed by atoms with Crippen LogP contribution < -0.4 is 9.47 Å². The standard InChI is InChI=1S/C14H16O5/c1-4-18-14(16)7-8-19-13-9-11(17-3)5-6-12(13)10(2)15/h5-9H,4H2,1-3H3. The number of hydrogen-bond acceptors (Lipinski definition) is 5. The molecule has 0 aliphatic carbocycles. The lowest BCUT2D eigenvalue weighted by molar-refractivity contribution is -0.137. The molecule has 0 fully saturated rings. The highest BCUT2D eigenvalue weighted by atomic mass is 16.5. The van der Waals surface area contributed by atoms with E-state index in [1.807, 2.05) is 0 Å². The zero-order chi connectivity index (χ0) is 14.3. The Hall–Kier alpha value is -2.30. The van der Waals surface area contributed by atoms with Crippen LogP contribution in [0.25, 0.3) is 0 Å². The molecule has 0 N–H and O–H groups in total. The van der Waals surface area contributed by atoms with Gasteiger partial charge in [-0.05, 0) is 26.0 Å². The number of ketones is 1. The molecule has 0 heterocycles. The molecule has 5 heteroatoms. The lowest BCUT2D eigenvalue weighted by Crippen LogP contribution is -2.01. The molecule has 0 saturated carbocycles. The monoisotopic (exact) mass is 264 g/mol. The van der Waals surface area contributed by atoms with Crippen molar-refractivity contribution in [2.24, 2.45) is 0 Å². The van der Waals surface area contributed by atoms with E-state index in [-0.39, 0.29) is 5.78 Å². The minimum atomic E-state index is -0.505. The minimum Gasteiger partial charge on any atom is -0.497 e. The third-order valence-electron chi connectivity index (χ3n) is 2.25. The van der Waals surface area contributed by atoms with Gasteiger partial charge in [-0.1, -0.05) is 0 Å². The summed E-state index contributed by atoms with van der Waals surface area (Å²) in [5.41, 5.74) is 0.411. The number of carbonyl (C=O) groups excluding carboxylic acids is 2. The van der Waals surface area contributed by atoms with Gasteiger partial charge in [-0.25, -0.2) is 4.79 Å². The molecule has 102 valence electrons. The van der Waals surface area contributed by atoms with E-state index in [1.54, 1.807) is 25.1 Å². The molecule has 0 bridgehead atoms. The van der Waals surface area contributed by atoms with E-state index in [2.05, 4.69) is 0 Å². The lowest BCUT2D eigenvalue weighted by Gasteiger charge is -2.08. The zero-order valence-electron chi connectivity index (χ0n) is 11.1. The summed E-state index contributed by atoms with van der Waals surface area (Å²) in [6, 6.07) is 4.85. The zero-order valence-corrected chi connectivity index (χ0v) is 11.1. The molecule has 0 unspecified atom stereocenters. The summed E-state index contributed by atoms with van der Waals surface area (Å²) in [7, 11) is 1.51. The summed E-state index contributed by atoms with van der Waals surface area (Å²) in [5, 5.41) is 0. The van der Waals surface area contributed by atoms with Crippen molar-refractivity contribution in [2.45, 2.75) is 13.8 Å². The Morgan fingerprint density at radius 3 is 2.63 bits per heavy atom. The third kappa shape index (κ3) is 4.46. The molecule has 5 nitrogen and oxygen atoms in total. The van der Waals surface area contributed by atoms with Crippen molar-refractivity contribution >= 4 is 11.8 Å². The molecule has 0 aromatic heterocycles. The van der Waals surface area contributed by atoms with Crippen LogP contribution in [-0.4, -0.2) is 25.5 Å². The average Bonchev–Trinajstić information content (AvgIpc) is 2.38. The smallest absolute Gasteiger partial charge is 0.333 e. The molecule has 1 aromatic rings. The number of Topliss-reactive ketones (excluding diaryl/α,β-unsaturated/α-hetero) is 1. The lowest BCUT2D eigenvalue weighted by atomic mass is 10.1. The van der Waals surface area contributed by atoms with Gasteiger partial charge in [-0.15, -0.1) is 0 Å². The summed E-state index contributed by atoms with van der Waals surface area (Å²) < 4.78 is 15.0. The Kier molecular flexibility index (Phi) is 5.60. The summed E-state index contributed by atoms with van der Waals surface area (Å²) in [6.45, 7) is 3.44. The molecule has 0 aliphatic heterocycles. The van der Waals surface area contributed by atoms with Crippen molar-refractivity contribution in [2.75, 3.05) is 13.7 Å². The van der Waals surface area contributed by atoms with Crippen molar-refractivity contribution in [1.82, 2.24) is 0 Å². The van der Waals surface area contributed by atoms with Gasteiger partial charge in [-0.2, -0.15) is 0 Å². The maximum Gasteiger partial charge on any atom is 0.333 e. The second-order valence-corrected chi connectivity index (χ2v) is 3.59. The number of carbonyl (C=O) groups is 2. The van der Waals surface area contributed by atoms with Crippen molar-refractivity contribution in [1.29, 1.82) is 0 Å². The predicted molar refractivity (Wildman–Crippen MR) is 69.4 cm³/mol. The SMILES string of the molecule is CCOC(=O)C=COc1cc(OC)ccc1C(C)=O. The number of methoxy groups -OCH3 is 1. The first-order chi connectivity index (χ1) is 9.08. The Balaban J connectivity index is 2.86. The van der Waals surface area contributed by atoms with Gasteiger partial charge >= 0.3 is 5.97 Å². The van der Waals surface area contributed by atoms with E-state index in [0.29, 0.717) is 23.7 Å². The van der Waals surface area contributed by atoms with Crippen LogP contribution in [0.5, 0.6) is 11.5 Å². The van der Waals surface area contributed by atoms with Crippen LogP contribution in [0.1, 0.15) is 24.2 Å². The Bertz CT molecular complexity index is 491. The molecule has 19 heavy (non-hydrogen) atoms. The first-order valence-electron chi connectivity index (χ1n) is 5.77. The predicted octanol–water partition coefficient (Wildman–Crippen LogP) is 2.35. The van der Waals surface area contributed by atoms with Crippen molar-refractivity contribution in [3.05, 3.63) is 36.1 Å². The number of rotatable bonds is 6. The van der Waals surface area contributed by atoms with Crippen LogP contribution in [0, 0.1) is 0 Å². The topological polar surface area (TPSA) is 61.8 Å². The molecule has 0 amide bonds. The van der Waals surface area contributed by atoms with Gasteiger partial charge in [0.05, 0.1) is 31.6 Å². The highest BCUT2D eigenvalue weighted by molar-refractivity contribution is 5.97. The van der Waals surface area contributed by atoms with E-state index in [1.165, 1.54) is 20.3 Å². The number of esters is 1. The van der Waals surface area contributed by atoms with Gasteiger partial charge in [0.1, 0.15) is 11.5 Å². The largest absolute Gasteiger partial charge is 0.497 e. The van der Waals surface area contributed by atoms with E-state index in [9.17, 15) is 9.59 Å². The van der Waals surface area contributed by atoms with Crippen LogP contribution >= 0.6 is 0 Å². The fraction of sp³-hybridized carbons (Fsp3) is 0.286. The number of ether oxygens (including phenoxy) is 3. The maximum absolute atomic E-state index is 11.4. The second-order valence-electron chi connectivity index (χ2n) is 3.59. The molecule has 1 aromatic carbocycles. The first-order valence-corrected chi connectivity index (χ1v) is 5.77. The van der Waals surface area contributed by atoms with Crippen LogP contribution in [0.3, 0.4) is 0 Å². The fourth-order valence-corrected chi connectivity index (χ4v) is 1.37. The van der Waals surface area contributed by atoms with Crippen LogP contribution in [0.15, 0.2) is 30.5 Å². The van der Waals surface area contributed by atoms with E-state index < -0.39 is 5.97 Å². The molecule has 0 atom stereocenters. The Labute approximate surface area is 111 Å². The van der Waals surface area contributed by atoms with E-state index in [0.717, 1.165) is 6.08 Å². The van der Waals surface area contributed by atoms with Gasteiger partial charge in [0.25, 0.3) is 0 Å². The van der Waals surface area contributed by atoms with Gasteiger partial charge in [0.2, 0.25) is 0 Å². The molecule has 0 saturated heterocycles. The number of benzene rings is 1. The third-order valence-corrected chi connectivity index (χ3v) is 2.25. The van der Waals surface area contributed by atoms with Gasteiger partial charge < -0.3 is 14.2 Å². The average molecular weight is 264 g/mol. The molecule has 0 radical (unpaired) electrons. The molecule has 1 rings (SSSR count). The van der Waals surface area contributed by atoms with Gasteiger partial charge in [-0.3, -0.25) is 4.79 Å². The van der Waals surface area contributed by atoms with Crippen molar-refractivity contribution in [3.8, 4) is 11.5 Å². The van der Waals surface area contributed by atoms with Crippen molar-refractivity contribution in [3.63, 3.8) is 0 Å². The normalized spacial score (nSPS) is 10.3. The highest BCUT2D eigenvalue weighted by Crippen LogP contribution is 2.25. The van der Waals surface area contributed by atoms with Gasteiger partial charge in [0.15, 0.2) is 5.78 Å². The minimum absolute atomic E-state index is 0.137. The summed E-state index contributed by atoms with van der Waals surface area (Å²) in [5.74, 6) is 0.244. The molecule has 0 aliphatic rings.